The molecule has 9 nitrogen and oxygen atoms in total. The summed E-state index contributed by atoms with van der Waals surface area (Å²) >= 11 is 5.25. The average Bonchev–Trinajstić information content (AvgIpc) is 3.34. The summed E-state index contributed by atoms with van der Waals surface area (Å²) in [4.78, 5) is 10.3. The molecule has 10 heteroatoms. The quantitative estimate of drug-likeness (QED) is 0.232. The zero-order valence-electron chi connectivity index (χ0n) is 14.3. The minimum Gasteiger partial charge on any atom is -0.274 e. The standard InChI is InChI=1S/C18H13N7O2S/c26-25(27)14-8-6-12(7-9-14)11-19-24-17(22-23-18(24)28)16-10-15(20-21-16)13-4-2-1-3-5-13/h1-11H,(H,20,21)(H,23,28)/b19-11-. The predicted octanol–water partition coefficient (Wildman–Crippen LogP) is 3.79. The van der Waals surface area contributed by atoms with Crippen molar-refractivity contribution >= 4 is 24.1 Å². The Morgan fingerprint density at radius 1 is 1.07 bits per heavy atom. The molecule has 0 aliphatic carbocycles. The van der Waals surface area contributed by atoms with Crippen LogP contribution >= 0.6 is 12.2 Å². The number of H-pyrrole nitrogens is 2. The molecule has 138 valence electrons. The molecule has 0 fully saturated rings. The largest absolute Gasteiger partial charge is 0.274 e. The van der Waals surface area contributed by atoms with Gasteiger partial charge in [0.2, 0.25) is 10.6 Å². The van der Waals surface area contributed by atoms with Gasteiger partial charge in [0, 0.05) is 17.7 Å². The number of nitrogens with one attached hydrogen (secondary N) is 2. The Bertz CT molecular complexity index is 1210. The van der Waals surface area contributed by atoms with Gasteiger partial charge in [-0.25, -0.2) is 5.10 Å². The highest BCUT2D eigenvalue weighted by Gasteiger charge is 2.12. The molecule has 0 unspecified atom stereocenters. The van der Waals surface area contributed by atoms with Gasteiger partial charge in [-0.2, -0.15) is 20.0 Å². The average molecular weight is 391 g/mol. The van der Waals surface area contributed by atoms with E-state index in [4.69, 9.17) is 12.2 Å². The Labute approximate surface area is 163 Å². The van der Waals surface area contributed by atoms with Gasteiger partial charge in [-0.15, -0.1) is 0 Å². The zero-order chi connectivity index (χ0) is 19.5. The van der Waals surface area contributed by atoms with E-state index in [0.717, 1.165) is 11.3 Å². The van der Waals surface area contributed by atoms with Crippen molar-refractivity contribution in [3.63, 3.8) is 0 Å². The molecule has 4 rings (SSSR count). The Balaban J connectivity index is 1.64. The van der Waals surface area contributed by atoms with Crippen LogP contribution in [0.25, 0.3) is 22.8 Å². The van der Waals surface area contributed by atoms with Crippen LogP contribution in [-0.2, 0) is 0 Å². The topological polar surface area (TPSA) is 118 Å². The summed E-state index contributed by atoms with van der Waals surface area (Å²) in [7, 11) is 0. The molecule has 0 radical (unpaired) electrons. The van der Waals surface area contributed by atoms with Gasteiger partial charge in [0.1, 0.15) is 5.69 Å². The van der Waals surface area contributed by atoms with E-state index in [1.807, 2.05) is 36.4 Å². The van der Waals surface area contributed by atoms with Crippen molar-refractivity contribution in [2.24, 2.45) is 5.10 Å². The van der Waals surface area contributed by atoms with Gasteiger partial charge < -0.3 is 0 Å². The summed E-state index contributed by atoms with van der Waals surface area (Å²) in [6, 6.07) is 17.6. The number of aromatic nitrogens is 5. The number of nitro benzene ring substituents is 1. The summed E-state index contributed by atoms with van der Waals surface area (Å²) in [5.41, 5.74) is 3.10. The van der Waals surface area contributed by atoms with E-state index >= 15 is 0 Å². The molecule has 0 atom stereocenters. The van der Waals surface area contributed by atoms with Crippen molar-refractivity contribution in [2.75, 3.05) is 0 Å². The van der Waals surface area contributed by atoms with E-state index in [9.17, 15) is 10.1 Å². The molecule has 0 bridgehead atoms. The minimum absolute atomic E-state index is 0.0173. The Kier molecular flexibility index (Phi) is 4.60. The Hall–Kier alpha value is -3.92. The van der Waals surface area contributed by atoms with Crippen LogP contribution in [-0.4, -0.2) is 36.2 Å². The summed E-state index contributed by atoms with van der Waals surface area (Å²) < 4.78 is 1.77. The highest BCUT2D eigenvalue weighted by atomic mass is 32.1. The number of nitro groups is 1. The highest BCUT2D eigenvalue weighted by Crippen LogP contribution is 2.22. The third-order valence-electron chi connectivity index (χ3n) is 3.96. The van der Waals surface area contributed by atoms with Crippen molar-refractivity contribution in [2.45, 2.75) is 0 Å². The molecule has 0 aliphatic rings. The first-order chi connectivity index (χ1) is 13.6. The van der Waals surface area contributed by atoms with Crippen LogP contribution < -0.4 is 0 Å². The number of nitrogens with zero attached hydrogens (tertiary/aromatic N) is 5. The van der Waals surface area contributed by atoms with Crippen LogP contribution in [0.15, 0.2) is 65.8 Å². The summed E-state index contributed by atoms with van der Waals surface area (Å²) in [6.07, 6.45) is 1.55. The number of non-ortho nitro benzene ring substituents is 1. The molecule has 2 aromatic heterocycles. The molecule has 2 aromatic carbocycles. The Morgan fingerprint density at radius 2 is 1.82 bits per heavy atom. The van der Waals surface area contributed by atoms with E-state index in [-0.39, 0.29) is 5.69 Å². The number of hydrogen-bond donors (Lipinski definition) is 2. The normalized spacial score (nSPS) is 11.1. The van der Waals surface area contributed by atoms with Crippen molar-refractivity contribution in [1.29, 1.82) is 0 Å². The van der Waals surface area contributed by atoms with Crippen LogP contribution in [0.4, 0.5) is 5.69 Å². The van der Waals surface area contributed by atoms with E-state index in [2.05, 4.69) is 25.5 Å². The van der Waals surface area contributed by atoms with Crippen molar-refractivity contribution in [1.82, 2.24) is 25.1 Å². The molecule has 0 aliphatic heterocycles. The number of hydrogen-bond acceptors (Lipinski definition) is 6. The lowest BCUT2D eigenvalue weighted by molar-refractivity contribution is -0.384. The number of rotatable bonds is 5. The molecular formula is C18H13N7O2S. The molecule has 0 amide bonds. The van der Waals surface area contributed by atoms with E-state index in [1.54, 1.807) is 18.3 Å². The number of benzene rings is 2. The second-order valence-electron chi connectivity index (χ2n) is 5.79. The fraction of sp³-hybridized carbons (Fsp3) is 0. The van der Waals surface area contributed by atoms with Gasteiger partial charge in [-0.05, 0) is 36.0 Å². The summed E-state index contributed by atoms with van der Waals surface area (Å²) in [5, 5.41) is 29.3. The second-order valence-corrected chi connectivity index (χ2v) is 6.18. The van der Waals surface area contributed by atoms with Gasteiger partial charge in [0.15, 0.2) is 0 Å². The second kappa shape index (κ2) is 7.37. The maximum Gasteiger partial charge on any atom is 0.269 e. The van der Waals surface area contributed by atoms with E-state index in [1.165, 1.54) is 16.8 Å². The Morgan fingerprint density at radius 3 is 2.54 bits per heavy atom. The molecular weight excluding hydrogens is 378 g/mol. The van der Waals surface area contributed by atoms with Gasteiger partial charge in [0.25, 0.3) is 5.69 Å². The maximum atomic E-state index is 10.7. The summed E-state index contributed by atoms with van der Waals surface area (Å²) in [5.74, 6) is 0.470. The molecule has 28 heavy (non-hydrogen) atoms. The molecule has 4 aromatic rings. The molecule has 0 saturated heterocycles. The fourth-order valence-corrected chi connectivity index (χ4v) is 2.75. The van der Waals surface area contributed by atoms with Crippen molar-refractivity contribution in [3.05, 3.63) is 81.1 Å². The van der Waals surface area contributed by atoms with Gasteiger partial charge in [-0.1, -0.05) is 30.3 Å². The van der Waals surface area contributed by atoms with Crippen molar-refractivity contribution in [3.8, 4) is 22.8 Å². The minimum atomic E-state index is -0.451. The maximum absolute atomic E-state index is 10.7. The third-order valence-corrected chi connectivity index (χ3v) is 4.23. The highest BCUT2D eigenvalue weighted by molar-refractivity contribution is 7.71. The first kappa shape index (κ1) is 17.5. The zero-order valence-corrected chi connectivity index (χ0v) is 15.1. The molecule has 0 saturated carbocycles. The third kappa shape index (κ3) is 3.48. The van der Waals surface area contributed by atoms with Gasteiger partial charge >= 0.3 is 0 Å². The van der Waals surface area contributed by atoms with Crippen LogP contribution in [0.5, 0.6) is 0 Å². The van der Waals surface area contributed by atoms with Crippen LogP contribution in [0.3, 0.4) is 0 Å². The van der Waals surface area contributed by atoms with Crippen molar-refractivity contribution < 1.29 is 4.92 Å². The lowest BCUT2D eigenvalue weighted by atomic mass is 10.1. The van der Waals surface area contributed by atoms with Crippen LogP contribution in [0.1, 0.15) is 5.56 Å². The first-order valence-electron chi connectivity index (χ1n) is 8.19. The SMILES string of the molecule is O=[N+]([O-])c1ccc(/C=N\n2c(-c3cc(-c4ccccc4)n[nH]3)n[nH]c2=S)cc1. The van der Waals surface area contributed by atoms with E-state index < -0.39 is 4.92 Å². The molecule has 2 N–H and O–H groups in total. The monoisotopic (exact) mass is 391 g/mol. The lowest BCUT2D eigenvalue weighted by Crippen LogP contribution is -1.95. The first-order valence-corrected chi connectivity index (χ1v) is 8.60. The van der Waals surface area contributed by atoms with E-state index in [0.29, 0.717) is 21.9 Å². The van der Waals surface area contributed by atoms with Gasteiger partial charge in [-0.3, -0.25) is 15.2 Å². The fourth-order valence-electron chi connectivity index (χ4n) is 2.57. The molecule has 0 spiro atoms. The number of aromatic amines is 2. The van der Waals surface area contributed by atoms with Crippen LogP contribution in [0, 0.1) is 14.9 Å². The lowest BCUT2D eigenvalue weighted by Gasteiger charge is -1.98. The predicted molar refractivity (Wildman–Crippen MR) is 107 cm³/mol. The smallest absolute Gasteiger partial charge is 0.269 e. The molecule has 2 heterocycles. The van der Waals surface area contributed by atoms with Crippen LogP contribution in [0.2, 0.25) is 0 Å². The van der Waals surface area contributed by atoms with Gasteiger partial charge in [0.05, 0.1) is 16.8 Å². The summed E-state index contributed by atoms with van der Waals surface area (Å²) in [6.45, 7) is 0.